The number of amides is 2. The predicted molar refractivity (Wildman–Crippen MR) is 74.1 cm³/mol. The van der Waals surface area contributed by atoms with Crippen molar-refractivity contribution in [3.8, 4) is 0 Å². The highest BCUT2D eigenvalue weighted by molar-refractivity contribution is 5.80. The lowest BCUT2D eigenvalue weighted by Crippen LogP contribution is -2.26. The molecule has 0 aromatic heterocycles. The Balaban J connectivity index is 0.000000327. The molecule has 3 atom stereocenters. The third-order valence-corrected chi connectivity index (χ3v) is 3.06. The van der Waals surface area contributed by atoms with Crippen LogP contribution < -0.4 is 10.6 Å². The molecule has 1 aliphatic rings. The van der Waals surface area contributed by atoms with E-state index in [-0.39, 0.29) is 23.7 Å². The van der Waals surface area contributed by atoms with Gasteiger partial charge in [-0.05, 0) is 25.7 Å². The van der Waals surface area contributed by atoms with Crippen molar-refractivity contribution in [2.45, 2.75) is 53.5 Å². The van der Waals surface area contributed by atoms with Gasteiger partial charge in [0, 0.05) is 24.9 Å². The summed E-state index contributed by atoms with van der Waals surface area (Å²) in [5.41, 5.74) is 0. The highest BCUT2D eigenvalue weighted by Gasteiger charge is 2.24. The van der Waals surface area contributed by atoms with Crippen molar-refractivity contribution < 1.29 is 9.59 Å². The zero-order valence-corrected chi connectivity index (χ0v) is 12.5. The van der Waals surface area contributed by atoms with E-state index in [1.807, 2.05) is 20.8 Å². The molecule has 0 saturated carbocycles. The molecule has 1 fully saturated rings. The molecule has 1 saturated heterocycles. The number of carbonyl (C=O) groups is 2. The first-order valence-corrected chi connectivity index (χ1v) is 6.79. The molecule has 4 heteroatoms. The summed E-state index contributed by atoms with van der Waals surface area (Å²) >= 11 is 0. The van der Waals surface area contributed by atoms with Crippen molar-refractivity contribution in [2.24, 2.45) is 17.8 Å². The second kappa shape index (κ2) is 8.11. The normalized spacial score (nSPS) is 24.1. The second-order valence-corrected chi connectivity index (χ2v) is 5.69. The third kappa shape index (κ3) is 6.62. The molecular formula is C14H28N2O2. The molecule has 4 nitrogen and oxygen atoms in total. The maximum absolute atomic E-state index is 10.9. The van der Waals surface area contributed by atoms with Crippen LogP contribution in [-0.4, -0.2) is 24.9 Å². The van der Waals surface area contributed by atoms with Gasteiger partial charge in [0.15, 0.2) is 0 Å². The van der Waals surface area contributed by atoms with Gasteiger partial charge in [-0.1, -0.05) is 27.7 Å². The zero-order chi connectivity index (χ0) is 14.3. The molecule has 3 unspecified atom stereocenters. The van der Waals surface area contributed by atoms with Gasteiger partial charge in [-0.2, -0.15) is 0 Å². The van der Waals surface area contributed by atoms with Crippen molar-refractivity contribution in [3.05, 3.63) is 0 Å². The van der Waals surface area contributed by atoms with Crippen LogP contribution >= 0.6 is 0 Å². The lowest BCUT2D eigenvalue weighted by Gasteiger charge is -2.11. The first-order valence-electron chi connectivity index (χ1n) is 6.79. The van der Waals surface area contributed by atoms with Crippen LogP contribution in [0, 0.1) is 17.8 Å². The highest BCUT2D eigenvalue weighted by Crippen LogP contribution is 2.12. The summed E-state index contributed by atoms with van der Waals surface area (Å²) in [5.74, 6) is 1.36. The highest BCUT2D eigenvalue weighted by atomic mass is 16.2. The summed E-state index contributed by atoms with van der Waals surface area (Å²) in [5, 5.41) is 5.46. The van der Waals surface area contributed by atoms with Crippen LogP contribution in [0.15, 0.2) is 0 Å². The van der Waals surface area contributed by atoms with E-state index < -0.39 is 0 Å². The molecule has 0 aromatic carbocycles. The minimum Gasteiger partial charge on any atom is -0.359 e. The summed E-state index contributed by atoms with van der Waals surface area (Å²) in [7, 11) is 1.68. The van der Waals surface area contributed by atoms with Gasteiger partial charge in [0.1, 0.15) is 0 Å². The number of hydrogen-bond acceptors (Lipinski definition) is 2. The SMILES string of the molecule is CC1CC(C)C(=O)N1.CNC(=O)C(C)CC(C)C. The van der Waals surface area contributed by atoms with E-state index in [2.05, 4.69) is 24.5 Å². The predicted octanol–water partition coefficient (Wildman–Crippen LogP) is 1.95. The molecule has 106 valence electrons. The van der Waals surface area contributed by atoms with Crippen LogP contribution in [0.3, 0.4) is 0 Å². The number of rotatable bonds is 3. The Kier molecular flexibility index (Phi) is 7.64. The molecule has 0 bridgehead atoms. The number of carbonyl (C=O) groups excluding carboxylic acids is 2. The molecule has 2 amide bonds. The quantitative estimate of drug-likeness (QED) is 0.811. The molecule has 2 N–H and O–H groups in total. The third-order valence-electron chi connectivity index (χ3n) is 3.06. The first kappa shape index (κ1) is 16.9. The van der Waals surface area contributed by atoms with Gasteiger partial charge >= 0.3 is 0 Å². The molecule has 1 heterocycles. The van der Waals surface area contributed by atoms with E-state index in [1.165, 1.54) is 0 Å². The fourth-order valence-electron chi connectivity index (χ4n) is 2.14. The van der Waals surface area contributed by atoms with Crippen LogP contribution in [0.5, 0.6) is 0 Å². The van der Waals surface area contributed by atoms with Gasteiger partial charge in [0.05, 0.1) is 0 Å². The largest absolute Gasteiger partial charge is 0.359 e. The van der Waals surface area contributed by atoms with Gasteiger partial charge in [-0.15, -0.1) is 0 Å². The lowest BCUT2D eigenvalue weighted by atomic mass is 9.98. The summed E-state index contributed by atoms with van der Waals surface area (Å²) in [4.78, 5) is 21.6. The van der Waals surface area contributed by atoms with E-state index in [9.17, 15) is 9.59 Å². The summed E-state index contributed by atoms with van der Waals surface area (Å²) < 4.78 is 0. The van der Waals surface area contributed by atoms with Gasteiger partial charge in [0.2, 0.25) is 11.8 Å². The Morgan fingerprint density at radius 2 is 1.94 bits per heavy atom. The maximum atomic E-state index is 10.9. The van der Waals surface area contributed by atoms with Crippen molar-refractivity contribution in [1.82, 2.24) is 10.6 Å². The van der Waals surface area contributed by atoms with E-state index in [4.69, 9.17) is 0 Å². The van der Waals surface area contributed by atoms with Gasteiger partial charge in [-0.3, -0.25) is 9.59 Å². The number of nitrogens with one attached hydrogen (secondary N) is 2. The van der Waals surface area contributed by atoms with Gasteiger partial charge < -0.3 is 10.6 Å². The fraction of sp³-hybridized carbons (Fsp3) is 0.857. The van der Waals surface area contributed by atoms with Crippen molar-refractivity contribution in [3.63, 3.8) is 0 Å². The summed E-state index contributed by atoms with van der Waals surface area (Å²) in [6, 6.07) is 0.400. The van der Waals surface area contributed by atoms with Gasteiger partial charge in [-0.25, -0.2) is 0 Å². The summed E-state index contributed by atoms with van der Waals surface area (Å²) in [6.07, 6.45) is 1.97. The molecule has 0 aliphatic carbocycles. The van der Waals surface area contributed by atoms with Crippen LogP contribution in [0.4, 0.5) is 0 Å². The topological polar surface area (TPSA) is 58.2 Å². The van der Waals surface area contributed by atoms with Crippen molar-refractivity contribution >= 4 is 11.8 Å². The van der Waals surface area contributed by atoms with Crippen molar-refractivity contribution in [1.29, 1.82) is 0 Å². The molecule has 1 rings (SSSR count). The average molecular weight is 256 g/mol. The standard InChI is InChI=1S/C8H17NO.C6H11NO/c1-6(2)5-7(3)8(10)9-4;1-4-3-5(2)7-6(4)8/h6-7H,5H2,1-4H3,(H,9,10);4-5H,3H2,1-2H3,(H,7,8). The van der Waals surface area contributed by atoms with E-state index in [0.29, 0.717) is 12.0 Å². The van der Waals surface area contributed by atoms with E-state index >= 15 is 0 Å². The van der Waals surface area contributed by atoms with Crippen LogP contribution in [0.25, 0.3) is 0 Å². The van der Waals surface area contributed by atoms with Gasteiger partial charge in [0.25, 0.3) is 0 Å². The second-order valence-electron chi connectivity index (χ2n) is 5.69. The molecule has 0 radical (unpaired) electrons. The Morgan fingerprint density at radius 1 is 1.39 bits per heavy atom. The van der Waals surface area contributed by atoms with E-state index in [1.54, 1.807) is 7.05 Å². The number of hydrogen-bond donors (Lipinski definition) is 2. The maximum Gasteiger partial charge on any atom is 0.223 e. The average Bonchev–Trinajstić information content (AvgIpc) is 2.55. The van der Waals surface area contributed by atoms with E-state index in [0.717, 1.165) is 12.8 Å². The Morgan fingerprint density at radius 3 is 2.17 bits per heavy atom. The Labute approximate surface area is 111 Å². The van der Waals surface area contributed by atoms with Crippen molar-refractivity contribution in [2.75, 3.05) is 7.05 Å². The molecular weight excluding hydrogens is 228 g/mol. The smallest absolute Gasteiger partial charge is 0.223 e. The summed E-state index contributed by atoms with van der Waals surface area (Å²) in [6.45, 7) is 10.2. The minimum atomic E-state index is 0.147. The molecule has 18 heavy (non-hydrogen) atoms. The monoisotopic (exact) mass is 256 g/mol. The molecule has 0 spiro atoms. The Bertz CT molecular complexity index is 277. The zero-order valence-electron chi connectivity index (χ0n) is 12.5. The molecule has 0 aromatic rings. The van der Waals surface area contributed by atoms with Crippen LogP contribution in [-0.2, 0) is 9.59 Å². The van der Waals surface area contributed by atoms with Crippen LogP contribution in [0.1, 0.15) is 47.5 Å². The fourth-order valence-corrected chi connectivity index (χ4v) is 2.14. The first-order chi connectivity index (χ1) is 8.27. The molecule has 1 aliphatic heterocycles. The minimum absolute atomic E-state index is 0.147. The van der Waals surface area contributed by atoms with Crippen LogP contribution in [0.2, 0.25) is 0 Å². The lowest BCUT2D eigenvalue weighted by molar-refractivity contribution is -0.124. The Hall–Kier alpha value is -1.06.